The summed E-state index contributed by atoms with van der Waals surface area (Å²) >= 11 is 17.9. The van der Waals surface area contributed by atoms with Gasteiger partial charge in [-0.3, -0.25) is 9.59 Å². The van der Waals surface area contributed by atoms with Crippen molar-refractivity contribution in [1.82, 2.24) is 0 Å². The van der Waals surface area contributed by atoms with E-state index in [9.17, 15) is 9.59 Å². The van der Waals surface area contributed by atoms with Crippen LogP contribution in [0.3, 0.4) is 0 Å². The van der Waals surface area contributed by atoms with Gasteiger partial charge in [0.15, 0.2) is 6.61 Å². The molecule has 7 nitrogen and oxygen atoms in total. The van der Waals surface area contributed by atoms with Crippen molar-refractivity contribution in [3.05, 3.63) is 75.7 Å². The van der Waals surface area contributed by atoms with Gasteiger partial charge < -0.3 is 24.4 Å². The van der Waals surface area contributed by atoms with Gasteiger partial charge in [-0.1, -0.05) is 34.8 Å². The van der Waals surface area contributed by atoms with E-state index < -0.39 is 0 Å². The largest absolute Gasteiger partial charge is 0.494 e. The van der Waals surface area contributed by atoms with Crippen LogP contribution in [-0.4, -0.2) is 38.2 Å². The van der Waals surface area contributed by atoms with Gasteiger partial charge in [-0.15, -0.1) is 0 Å². The van der Waals surface area contributed by atoms with Crippen LogP contribution in [0.5, 0.6) is 17.2 Å². The highest BCUT2D eigenvalue weighted by Gasteiger charge is 2.25. The highest BCUT2D eigenvalue weighted by Crippen LogP contribution is 2.35. The number of anilines is 2. The zero-order chi connectivity index (χ0) is 26.2. The van der Waals surface area contributed by atoms with Crippen LogP contribution in [0.1, 0.15) is 19.3 Å². The number of carbonyl (C=O) groups is 2. The molecule has 1 heterocycles. The quantitative estimate of drug-likeness (QED) is 0.265. The Hall–Kier alpha value is -3.13. The predicted octanol–water partition coefficient (Wildman–Crippen LogP) is 6.64. The number of carbonyl (C=O) groups excluding carboxylic acids is 2. The third kappa shape index (κ3) is 7.68. The van der Waals surface area contributed by atoms with Crippen molar-refractivity contribution in [3.63, 3.8) is 0 Å². The molecule has 2 amide bonds. The lowest BCUT2D eigenvalue weighted by Gasteiger charge is -2.30. The summed E-state index contributed by atoms with van der Waals surface area (Å²) in [7, 11) is 0. The molecule has 3 aromatic carbocycles. The van der Waals surface area contributed by atoms with E-state index in [2.05, 4.69) is 5.32 Å². The van der Waals surface area contributed by atoms with Crippen LogP contribution in [0.15, 0.2) is 60.7 Å². The number of hydrogen-bond donors (Lipinski definition) is 1. The second-order valence-corrected chi connectivity index (χ2v) is 9.53. The fourth-order valence-electron chi connectivity index (χ4n) is 3.70. The van der Waals surface area contributed by atoms with Crippen LogP contribution in [0.4, 0.5) is 11.4 Å². The van der Waals surface area contributed by atoms with E-state index in [0.717, 1.165) is 0 Å². The summed E-state index contributed by atoms with van der Waals surface area (Å²) in [4.78, 5) is 26.7. The smallest absolute Gasteiger partial charge is 0.265 e. The van der Waals surface area contributed by atoms with E-state index in [4.69, 9.17) is 49.0 Å². The second-order valence-electron chi connectivity index (χ2n) is 8.25. The molecule has 10 heteroatoms. The Kier molecular flexibility index (Phi) is 9.39. The number of benzene rings is 3. The molecule has 1 aliphatic heterocycles. The summed E-state index contributed by atoms with van der Waals surface area (Å²) in [6.07, 6.45) is 1.36. The molecule has 0 aromatic heterocycles. The van der Waals surface area contributed by atoms with Crippen LogP contribution < -0.4 is 24.4 Å². The molecule has 0 spiro atoms. The Morgan fingerprint density at radius 3 is 2.46 bits per heavy atom. The second kappa shape index (κ2) is 12.9. The molecule has 0 fully saturated rings. The summed E-state index contributed by atoms with van der Waals surface area (Å²) in [5, 5.41) is 4.46. The lowest BCUT2D eigenvalue weighted by molar-refractivity contribution is -0.121. The Bertz CT molecular complexity index is 1250. The summed E-state index contributed by atoms with van der Waals surface area (Å²) in [5.41, 5.74) is 1.19. The van der Waals surface area contributed by atoms with E-state index in [1.807, 2.05) is 0 Å². The number of halogens is 3. The number of ether oxygens (including phenoxy) is 3. The van der Waals surface area contributed by atoms with Crippen molar-refractivity contribution < 1.29 is 23.8 Å². The number of nitrogens with zero attached hydrogens (tertiary/aromatic N) is 1. The summed E-state index contributed by atoms with van der Waals surface area (Å²) < 4.78 is 16.9. The third-order valence-corrected chi connectivity index (χ3v) is 6.28. The van der Waals surface area contributed by atoms with Gasteiger partial charge in [-0.05, 0) is 73.5 Å². The van der Waals surface area contributed by atoms with Gasteiger partial charge >= 0.3 is 0 Å². The number of nitrogens with one attached hydrogen (secondary N) is 1. The van der Waals surface area contributed by atoms with E-state index in [0.29, 0.717) is 76.3 Å². The normalized spacial score (nSPS) is 12.5. The molecule has 194 valence electrons. The van der Waals surface area contributed by atoms with Crippen molar-refractivity contribution in [3.8, 4) is 17.2 Å². The molecule has 0 unspecified atom stereocenters. The Morgan fingerprint density at radius 2 is 1.68 bits per heavy atom. The fraction of sp³-hybridized carbons (Fsp3) is 0.259. The van der Waals surface area contributed by atoms with Crippen LogP contribution in [0.2, 0.25) is 15.1 Å². The minimum atomic E-state index is -0.170. The minimum absolute atomic E-state index is 0.0333. The molecular weight excluding hydrogens is 539 g/mol. The first-order valence-corrected chi connectivity index (χ1v) is 12.9. The molecule has 0 saturated carbocycles. The topological polar surface area (TPSA) is 77.1 Å². The van der Waals surface area contributed by atoms with Crippen molar-refractivity contribution in [2.75, 3.05) is 36.6 Å². The first kappa shape index (κ1) is 26.9. The van der Waals surface area contributed by atoms with E-state index in [1.165, 1.54) is 0 Å². The zero-order valence-electron chi connectivity index (χ0n) is 19.8. The lowest BCUT2D eigenvalue weighted by Crippen LogP contribution is -2.39. The van der Waals surface area contributed by atoms with Gasteiger partial charge in [0.25, 0.3) is 5.91 Å². The molecule has 0 atom stereocenters. The Labute approximate surface area is 230 Å². The summed E-state index contributed by atoms with van der Waals surface area (Å²) in [6, 6.07) is 17.3. The molecule has 0 saturated heterocycles. The Morgan fingerprint density at radius 1 is 0.919 bits per heavy atom. The van der Waals surface area contributed by atoms with Crippen molar-refractivity contribution in [2.24, 2.45) is 0 Å². The number of rotatable bonds is 11. The number of amides is 2. The lowest BCUT2D eigenvalue weighted by atomic mass is 10.2. The van der Waals surface area contributed by atoms with Gasteiger partial charge in [0.2, 0.25) is 5.91 Å². The maximum atomic E-state index is 12.6. The maximum absolute atomic E-state index is 12.6. The van der Waals surface area contributed by atoms with Gasteiger partial charge in [-0.2, -0.15) is 0 Å². The predicted molar refractivity (Wildman–Crippen MR) is 146 cm³/mol. The molecular formula is C27H25Cl3N2O5. The minimum Gasteiger partial charge on any atom is -0.494 e. The van der Waals surface area contributed by atoms with Crippen LogP contribution in [0.25, 0.3) is 0 Å². The zero-order valence-corrected chi connectivity index (χ0v) is 22.1. The SMILES string of the molecule is O=C(CCCOc1ccc(Cl)cc1Cl)Nc1ccc2c(c1)N(CCCOc1ccc(Cl)cc1)C(=O)CO2. The van der Waals surface area contributed by atoms with E-state index in [-0.39, 0.29) is 24.8 Å². The molecule has 0 radical (unpaired) electrons. The monoisotopic (exact) mass is 562 g/mol. The maximum Gasteiger partial charge on any atom is 0.265 e. The highest BCUT2D eigenvalue weighted by atomic mass is 35.5. The van der Waals surface area contributed by atoms with E-state index >= 15 is 0 Å². The number of hydrogen-bond acceptors (Lipinski definition) is 5. The molecule has 1 aliphatic rings. The van der Waals surface area contributed by atoms with E-state index in [1.54, 1.807) is 65.6 Å². The van der Waals surface area contributed by atoms with Crippen LogP contribution in [-0.2, 0) is 9.59 Å². The average molecular weight is 564 g/mol. The highest BCUT2D eigenvalue weighted by molar-refractivity contribution is 6.35. The first-order chi connectivity index (χ1) is 17.9. The van der Waals surface area contributed by atoms with Crippen LogP contribution >= 0.6 is 34.8 Å². The van der Waals surface area contributed by atoms with Crippen molar-refractivity contribution >= 4 is 58.0 Å². The standard InChI is InChI=1S/C27H25Cl3N2O5/c28-18-4-8-21(9-5-18)35-14-2-12-32-23-16-20(7-11-25(23)37-17-27(32)34)31-26(33)3-1-13-36-24-10-6-19(29)15-22(24)30/h4-11,15-16H,1-3,12-14,17H2,(H,31,33). The third-order valence-electron chi connectivity index (χ3n) is 5.49. The molecule has 0 aliphatic carbocycles. The summed E-state index contributed by atoms with van der Waals surface area (Å²) in [6.45, 7) is 1.17. The number of fused-ring (bicyclic) bond motifs is 1. The molecule has 37 heavy (non-hydrogen) atoms. The summed E-state index contributed by atoms with van der Waals surface area (Å²) in [5.74, 6) is 1.50. The first-order valence-electron chi connectivity index (χ1n) is 11.7. The molecule has 0 bridgehead atoms. The Balaban J connectivity index is 1.27. The van der Waals surface area contributed by atoms with Crippen molar-refractivity contribution in [1.29, 1.82) is 0 Å². The van der Waals surface area contributed by atoms with Gasteiger partial charge in [0.05, 0.1) is 23.9 Å². The van der Waals surface area contributed by atoms with Crippen molar-refractivity contribution in [2.45, 2.75) is 19.3 Å². The molecule has 1 N–H and O–H groups in total. The molecule has 3 aromatic rings. The van der Waals surface area contributed by atoms with Gasteiger partial charge in [-0.25, -0.2) is 0 Å². The fourth-order valence-corrected chi connectivity index (χ4v) is 4.29. The molecule has 4 rings (SSSR count). The van der Waals surface area contributed by atoms with Gasteiger partial charge in [0.1, 0.15) is 17.2 Å². The van der Waals surface area contributed by atoms with Crippen LogP contribution in [0, 0.1) is 0 Å². The van der Waals surface area contributed by atoms with Gasteiger partial charge in [0, 0.05) is 28.7 Å². The average Bonchev–Trinajstić information content (AvgIpc) is 2.87.